The average Bonchev–Trinajstić information content (AvgIpc) is 2.45. The summed E-state index contributed by atoms with van der Waals surface area (Å²) in [4.78, 5) is 21.6. The number of rotatable bonds is 5. The molecule has 4 heteroatoms. The minimum Gasteiger partial charge on any atom is -0.478 e. The maximum Gasteiger partial charge on any atom is 0.335 e. The van der Waals surface area contributed by atoms with E-state index in [4.69, 9.17) is 5.11 Å². The van der Waals surface area contributed by atoms with Crippen molar-refractivity contribution in [1.29, 1.82) is 0 Å². The molecule has 0 saturated carbocycles. The highest BCUT2D eigenvalue weighted by atomic mass is 16.4. The van der Waals surface area contributed by atoms with E-state index >= 15 is 0 Å². The first-order chi connectivity index (χ1) is 10.1. The lowest BCUT2D eigenvalue weighted by Gasteiger charge is -2.02. The Hall–Kier alpha value is -2.62. The second kappa shape index (κ2) is 6.70. The second-order valence-corrected chi connectivity index (χ2v) is 4.80. The molecule has 0 spiro atoms. The number of carboxylic acids is 1. The molecule has 0 aromatic heterocycles. The van der Waals surface area contributed by atoms with Crippen molar-refractivity contribution in [2.24, 2.45) is 0 Å². The van der Waals surface area contributed by atoms with Gasteiger partial charge in [-0.05, 0) is 41.0 Å². The molecule has 0 atom stereocenters. The lowest BCUT2D eigenvalue weighted by molar-refractivity contribution is -0.118. The molecule has 108 valence electrons. The molecule has 0 saturated heterocycles. The standard InChI is InChI=1S/C17H17NO3/c1-12(19)18-9-3-2-4-13-5-6-15-11-16(17(20)21)8-7-14(15)10-13/h2,4-8,10-11H,3,9H2,1H3,(H,18,19)(H,20,21). The quantitative estimate of drug-likeness (QED) is 0.829. The lowest BCUT2D eigenvalue weighted by Crippen LogP contribution is -2.20. The van der Waals surface area contributed by atoms with Gasteiger partial charge in [0.05, 0.1) is 5.56 Å². The van der Waals surface area contributed by atoms with E-state index in [0.29, 0.717) is 12.1 Å². The number of amides is 1. The molecule has 2 aromatic carbocycles. The first-order valence-electron chi connectivity index (χ1n) is 6.74. The van der Waals surface area contributed by atoms with Gasteiger partial charge in [0.2, 0.25) is 5.91 Å². The lowest BCUT2D eigenvalue weighted by atomic mass is 10.0. The van der Waals surface area contributed by atoms with E-state index in [1.165, 1.54) is 6.92 Å². The van der Waals surface area contributed by atoms with Crippen LogP contribution >= 0.6 is 0 Å². The first-order valence-corrected chi connectivity index (χ1v) is 6.74. The summed E-state index contributed by atoms with van der Waals surface area (Å²) >= 11 is 0. The number of hydrogen-bond acceptors (Lipinski definition) is 2. The van der Waals surface area contributed by atoms with Gasteiger partial charge in [-0.25, -0.2) is 4.79 Å². The van der Waals surface area contributed by atoms with Crippen LogP contribution in [0.3, 0.4) is 0 Å². The molecule has 4 nitrogen and oxygen atoms in total. The Labute approximate surface area is 123 Å². The van der Waals surface area contributed by atoms with Crippen molar-refractivity contribution in [2.45, 2.75) is 13.3 Å². The zero-order valence-corrected chi connectivity index (χ0v) is 11.8. The zero-order valence-electron chi connectivity index (χ0n) is 11.8. The van der Waals surface area contributed by atoms with Crippen molar-refractivity contribution in [3.8, 4) is 0 Å². The van der Waals surface area contributed by atoms with Crippen LogP contribution in [0.5, 0.6) is 0 Å². The van der Waals surface area contributed by atoms with Gasteiger partial charge in [0, 0.05) is 13.5 Å². The molecule has 0 unspecified atom stereocenters. The number of fused-ring (bicyclic) bond motifs is 1. The second-order valence-electron chi connectivity index (χ2n) is 4.80. The fourth-order valence-electron chi connectivity index (χ4n) is 2.05. The third-order valence-corrected chi connectivity index (χ3v) is 3.11. The summed E-state index contributed by atoms with van der Waals surface area (Å²) in [7, 11) is 0. The van der Waals surface area contributed by atoms with Crippen molar-refractivity contribution >= 4 is 28.7 Å². The van der Waals surface area contributed by atoms with E-state index in [9.17, 15) is 9.59 Å². The third kappa shape index (κ3) is 4.18. The van der Waals surface area contributed by atoms with Crippen molar-refractivity contribution in [1.82, 2.24) is 5.32 Å². The topological polar surface area (TPSA) is 66.4 Å². The monoisotopic (exact) mass is 283 g/mol. The molecule has 2 aromatic rings. The molecule has 0 aliphatic carbocycles. The van der Waals surface area contributed by atoms with Gasteiger partial charge >= 0.3 is 5.97 Å². The molecule has 2 rings (SSSR count). The van der Waals surface area contributed by atoms with Crippen molar-refractivity contribution in [3.63, 3.8) is 0 Å². The van der Waals surface area contributed by atoms with Crippen LogP contribution in [-0.4, -0.2) is 23.5 Å². The number of aromatic carboxylic acids is 1. The normalized spacial score (nSPS) is 10.9. The summed E-state index contributed by atoms with van der Waals surface area (Å²) in [6.45, 7) is 2.12. The molecule has 0 fully saturated rings. The smallest absolute Gasteiger partial charge is 0.335 e. The summed E-state index contributed by atoms with van der Waals surface area (Å²) in [6.07, 6.45) is 4.77. The molecule has 1 amide bonds. The summed E-state index contributed by atoms with van der Waals surface area (Å²) in [5, 5.41) is 13.6. The van der Waals surface area contributed by atoms with Gasteiger partial charge in [-0.3, -0.25) is 4.79 Å². The molecule has 0 aliphatic heterocycles. The fraction of sp³-hybridized carbons (Fsp3) is 0.176. The fourth-order valence-corrected chi connectivity index (χ4v) is 2.05. The van der Waals surface area contributed by atoms with Crippen LogP contribution in [0.1, 0.15) is 29.3 Å². The molecule has 2 N–H and O–H groups in total. The summed E-state index contributed by atoms with van der Waals surface area (Å²) in [6, 6.07) is 11.0. The number of carboxylic acid groups (broad SMARTS) is 1. The number of carbonyl (C=O) groups excluding carboxylic acids is 1. The largest absolute Gasteiger partial charge is 0.478 e. The maximum absolute atomic E-state index is 10.9. The van der Waals surface area contributed by atoms with Crippen LogP contribution in [-0.2, 0) is 4.79 Å². The van der Waals surface area contributed by atoms with E-state index in [1.54, 1.807) is 12.1 Å². The maximum atomic E-state index is 10.9. The van der Waals surface area contributed by atoms with Crippen LogP contribution in [0, 0.1) is 0 Å². The Morgan fingerprint density at radius 3 is 2.57 bits per heavy atom. The molecule has 21 heavy (non-hydrogen) atoms. The van der Waals surface area contributed by atoms with Gasteiger partial charge in [0.1, 0.15) is 0 Å². The van der Waals surface area contributed by atoms with Gasteiger partial charge in [0.25, 0.3) is 0 Å². The van der Waals surface area contributed by atoms with Gasteiger partial charge in [0.15, 0.2) is 0 Å². The highest BCUT2D eigenvalue weighted by Gasteiger charge is 2.03. The Balaban J connectivity index is 2.08. The van der Waals surface area contributed by atoms with E-state index in [2.05, 4.69) is 5.32 Å². The van der Waals surface area contributed by atoms with Crippen LogP contribution < -0.4 is 5.32 Å². The van der Waals surface area contributed by atoms with Crippen molar-refractivity contribution in [2.75, 3.05) is 6.54 Å². The predicted molar refractivity (Wildman–Crippen MR) is 83.2 cm³/mol. The van der Waals surface area contributed by atoms with Crippen LogP contribution in [0.4, 0.5) is 0 Å². The molecule has 0 aliphatic rings. The van der Waals surface area contributed by atoms with Gasteiger partial charge in [-0.1, -0.05) is 30.4 Å². The summed E-state index contributed by atoms with van der Waals surface area (Å²) in [5.74, 6) is -0.942. The Morgan fingerprint density at radius 1 is 1.14 bits per heavy atom. The average molecular weight is 283 g/mol. The Bertz CT molecular complexity index is 704. The van der Waals surface area contributed by atoms with Crippen molar-refractivity contribution in [3.05, 3.63) is 53.6 Å². The molecular weight excluding hydrogens is 266 g/mol. The number of carbonyl (C=O) groups is 2. The third-order valence-electron chi connectivity index (χ3n) is 3.11. The van der Waals surface area contributed by atoms with Crippen molar-refractivity contribution < 1.29 is 14.7 Å². The molecule has 0 heterocycles. The summed E-state index contributed by atoms with van der Waals surface area (Å²) < 4.78 is 0. The predicted octanol–water partition coefficient (Wildman–Crippen LogP) is 3.08. The first kappa shape index (κ1) is 14.8. The highest BCUT2D eigenvalue weighted by Crippen LogP contribution is 2.19. The highest BCUT2D eigenvalue weighted by molar-refractivity contribution is 5.94. The van der Waals surface area contributed by atoms with Gasteiger partial charge in [-0.15, -0.1) is 0 Å². The van der Waals surface area contributed by atoms with E-state index in [1.807, 2.05) is 36.4 Å². The van der Waals surface area contributed by atoms with Crippen LogP contribution in [0.25, 0.3) is 16.8 Å². The van der Waals surface area contributed by atoms with Gasteiger partial charge < -0.3 is 10.4 Å². The minimum atomic E-state index is -0.918. The Morgan fingerprint density at radius 2 is 1.86 bits per heavy atom. The zero-order chi connectivity index (χ0) is 15.2. The van der Waals surface area contributed by atoms with E-state index in [0.717, 1.165) is 22.8 Å². The SMILES string of the molecule is CC(=O)NCCC=Cc1ccc2cc(C(=O)O)ccc2c1. The molecule has 0 radical (unpaired) electrons. The number of benzene rings is 2. The van der Waals surface area contributed by atoms with E-state index in [-0.39, 0.29) is 5.91 Å². The van der Waals surface area contributed by atoms with Crippen LogP contribution in [0.15, 0.2) is 42.5 Å². The van der Waals surface area contributed by atoms with Gasteiger partial charge in [-0.2, -0.15) is 0 Å². The number of nitrogens with one attached hydrogen (secondary N) is 1. The Kier molecular flexibility index (Phi) is 4.72. The minimum absolute atomic E-state index is 0.0247. The van der Waals surface area contributed by atoms with E-state index < -0.39 is 5.97 Å². The van der Waals surface area contributed by atoms with Crippen LogP contribution in [0.2, 0.25) is 0 Å². The molecule has 0 bridgehead atoms. The number of hydrogen-bond donors (Lipinski definition) is 2. The molecular formula is C17H17NO3. The summed E-state index contributed by atoms with van der Waals surface area (Å²) in [5.41, 5.74) is 1.34.